The summed E-state index contributed by atoms with van der Waals surface area (Å²) in [6, 6.07) is 9.97. The van der Waals surface area contributed by atoms with Crippen LogP contribution >= 0.6 is 0 Å². The number of esters is 1. The Hall–Kier alpha value is -1.88. The first-order chi connectivity index (χ1) is 9.24. The number of carbonyl (C=O) groups is 2. The molecule has 19 heavy (non-hydrogen) atoms. The van der Waals surface area contributed by atoms with Gasteiger partial charge in [0, 0.05) is 19.6 Å². The molecule has 1 heterocycles. The minimum absolute atomic E-state index is 0.331. The maximum Gasteiger partial charge on any atom is 0.313 e. The van der Waals surface area contributed by atoms with Crippen molar-refractivity contribution in [2.45, 2.75) is 12.6 Å². The Morgan fingerprint density at radius 1 is 1.37 bits per heavy atom. The molecule has 1 aliphatic rings. The summed E-state index contributed by atoms with van der Waals surface area (Å²) in [5, 5.41) is 0. The second-order valence-electron chi connectivity index (χ2n) is 4.58. The van der Waals surface area contributed by atoms with Crippen molar-refractivity contribution in [1.82, 2.24) is 4.90 Å². The summed E-state index contributed by atoms with van der Waals surface area (Å²) in [5.74, 6) is -0.735. The maximum atomic E-state index is 11.7. The summed E-state index contributed by atoms with van der Waals surface area (Å²) in [6.45, 7) is 2.22. The number of carbonyl (C=O) groups excluding carboxylic acids is 2. The van der Waals surface area contributed by atoms with Gasteiger partial charge in [-0.1, -0.05) is 30.3 Å². The van der Waals surface area contributed by atoms with Gasteiger partial charge in [-0.05, 0) is 5.56 Å². The molecular formula is C14H17NO4. The van der Waals surface area contributed by atoms with E-state index in [1.54, 1.807) is 0 Å². The molecule has 5 nitrogen and oxygen atoms in total. The first kappa shape index (κ1) is 13.5. The molecular weight excluding hydrogens is 246 g/mol. The number of benzene rings is 1. The minimum Gasteiger partial charge on any atom is -0.469 e. The third kappa shape index (κ3) is 3.32. The lowest BCUT2D eigenvalue weighted by Gasteiger charge is -2.14. The van der Waals surface area contributed by atoms with Gasteiger partial charge in [0.15, 0.2) is 0 Å². The fourth-order valence-electron chi connectivity index (χ4n) is 2.41. The maximum absolute atomic E-state index is 11.7. The molecule has 0 amide bonds. The molecule has 0 spiro atoms. The number of nitrogens with zero attached hydrogens (tertiary/aromatic N) is 1. The Kier molecular flexibility index (Phi) is 4.52. The van der Waals surface area contributed by atoms with Crippen LogP contribution in [0.15, 0.2) is 30.3 Å². The van der Waals surface area contributed by atoms with Gasteiger partial charge in [0.25, 0.3) is 6.47 Å². The van der Waals surface area contributed by atoms with E-state index in [1.807, 2.05) is 30.3 Å². The van der Waals surface area contributed by atoms with Crippen LogP contribution in [0.2, 0.25) is 0 Å². The largest absolute Gasteiger partial charge is 0.469 e. The molecule has 0 saturated carbocycles. The van der Waals surface area contributed by atoms with Crippen LogP contribution in [0.3, 0.4) is 0 Å². The van der Waals surface area contributed by atoms with E-state index in [2.05, 4.69) is 4.90 Å². The van der Waals surface area contributed by atoms with Crippen molar-refractivity contribution in [2.75, 3.05) is 20.2 Å². The summed E-state index contributed by atoms with van der Waals surface area (Å²) in [4.78, 5) is 24.2. The Morgan fingerprint density at radius 3 is 2.74 bits per heavy atom. The predicted molar refractivity (Wildman–Crippen MR) is 68.2 cm³/mol. The number of hydrogen-bond acceptors (Lipinski definition) is 5. The van der Waals surface area contributed by atoms with Crippen LogP contribution < -0.4 is 0 Å². The Bertz CT molecular complexity index is 434. The topological polar surface area (TPSA) is 55.8 Å². The van der Waals surface area contributed by atoms with Crippen molar-refractivity contribution in [3.63, 3.8) is 0 Å². The van der Waals surface area contributed by atoms with E-state index < -0.39 is 12.0 Å². The molecule has 2 rings (SSSR count). The number of methoxy groups -OCH3 is 1. The average Bonchev–Trinajstić information content (AvgIpc) is 2.82. The van der Waals surface area contributed by atoms with Crippen molar-refractivity contribution in [3.8, 4) is 0 Å². The number of hydrogen-bond donors (Lipinski definition) is 0. The van der Waals surface area contributed by atoms with Crippen LogP contribution in [0.25, 0.3) is 0 Å². The first-order valence-electron chi connectivity index (χ1n) is 6.18. The molecule has 1 fully saturated rings. The van der Waals surface area contributed by atoms with Crippen LogP contribution in [-0.4, -0.2) is 43.6 Å². The van der Waals surface area contributed by atoms with Crippen molar-refractivity contribution < 1.29 is 19.1 Å². The smallest absolute Gasteiger partial charge is 0.313 e. The van der Waals surface area contributed by atoms with Gasteiger partial charge in [-0.25, -0.2) is 0 Å². The van der Waals surface area contributed by atoms with Crippen LogP contribution in [0.5, 0.6) is 0 Å². The van der Waals surface area contributed by atoms with Crippen LogP contribution in [0.4, 0.5) is 0 Å². The van der Waals surface area contributed by atoms with E-state index in [0.717, 1.165) is 12.1 Å². The van der Waals surface area contributed by atoms with Gasteiger partial charge < -0.3 is 9.47 Å². The molecule has 0 N–H and O–H groups in total. The SMILES string of the molecule is COC(=O)[C@H]1CN(Cc2ccccc2)C[C@@H]1OC=O. The van der Waals surface area contributed by atoms with Gasteiger partial charge in [0.1, 0.15) is 12.0 Å². The second-order valence-corrected chi connectivity index (χ2v) is 4.58. The number of ether oxygens (including phenoxy) is 2. The molecule has 0 bridgehead atoms. The Balaban J connectivity index is 2.01. The van der Waals surface area contributed by atoms with E-state index in [9.17, 15) is 9.59 Å². The monoisotopic (exact) mass is 263 g/mol. The van der Waals surface area contributed by atoms with Gasteiger partial charge in [0.05, 0.1) is 7.11 Å². The summed E-state index contributed by atoms with van der Waals surface area (Å²) >= 11 is 0. The molecule has 5 heteroatoms. The molecule has 1 aromatic rings. The average molecular weight is 263 g/mol. The zero-order valence-electron chi connectivity index (χ0n) is 10.8. The second kappa shape index (κ2) is 6.33. The third-order valence-corrected chi connectivity index (χ3v) is 3.33. The molecule has 0 aliphatic carbocycles. The predicted octanol–water partition coefficient (Wildman–Crippen LogP) is 0.833. The van der Waals surface area contributed by atoms with Crippen molar-refractivity contribution in [3.05, 3.63) is 35.9 Å². The normalized spacial score (nSPS) is 23.0. The lowest BCUT2D eigenvalue weighted by molar-refractivity contribution is -0.151. The van der Waals surface area contributed by atoms with Gasteiger partial charge >= 0.3 is 5.97 Å². The number of likely N-dealkylation sites (tertiary alicyclic amines) is 1. The Labute approximate surface area is 112 Å². The van der Waals surface area contributed by atoms with Gasteiger partial charge in [-0.15, -0.1) is 0 Å². The summed E-state index contributed by atoms with van der Waals surface area (Å²) in [5.41, 5.74) is 1.16. The fraction of sp³-hybridized carbons (Fsp3) is 0.429. The van der Waals surface area contributed by atoms with Crippen LogP contribution in [0.1, 0.15) is 5.56 Å². The van der Waals surface area contributed by atoms with Crippen molar-refractivity contribution in [1.29, 1.82) is 0 Å². The molecule has 0 unspecified atom stereocenters. The highest BCUT2D eigenvalue weighted by molar-refractivity contribution is 5.74. The van der Waals surface area contributed by atoms with Crippen molar-refractivity contribution >= 4 is 12.4 Å². The zero-order valence-corrected chi connectivity index (χ0v) is 10.8. The Morgan fingerprint density at radius 2 is 2.11 bits per heavy atom. The lowest BCUT2D eigenvalue weighted by atomic mass is 10.1. The quantitative estimate of drug-likeness (QED) is 0.582. The summed E-state index contributed by atoms with van der Waals surface area (Å²) in [7, 11) is 1.35. The first-order valence-corrected chi connectivity index (χ1v) is 6.18. The minimum atomic E-state index is -0.423. The van der Waals surface area contributed by atoms with E-state index in [4.69, 9.17) is 9.47 Å². The summed E-state index contributed by atoms with van der Waals surface area (Å²) < 4.78 is 9.73. The van der Waals surface area contributed by atoms with Crippen LogP contribution in [-0.2, 0) is 25.6 Å². The van der Waals surface area contributed by atoms with E-state index in [1.165, 1.54) is 7.11 Å². The lowest BCUT2D eigenvalue weighted by Crippen LogP contribution is -2.29. The van der Waals surface area contributed by atoms with Crippen molar-refractivity contribution in [2.24, 2.45) is 5.92 Å². The highest BCUT2D eigenvalue weighted by Crippen LogP contribution is 2.22. The fourth-order valence-corrected chi connectivity index (χ4v) is 2.41. The molecule has 1 aromatic carbocycles. The molecule has 2 atom stereocenters. The highest BCUT2D eigenvalue weighted by atomic mass is 16.5. The van der Waals surface area contributed by atoms with Gasteiger partial charge in [-0.3, -0.25) is 14.5 Å². The van der Waals surface area contributed by atoms with Crippen LogP contribution in [0, 0.1) is 5.92 Å². The van der Waals surface area contributed by atoms with E-state index in [-0.39, 0.29) is 5.97 Å². The van der Waals surface area contributed by atoms with Gasteiger partial charge in [0.2, 0.25) is 0 Å². The zero-order chi connectivity index (χ0) is 13.7. The highest BCUT2D eigenvalue weighted by Gasteiger charge is 2.39. The number of rotatable bonds is 5. The standard InChI is InChI=1S/C14H17NO4/c1-18-14(17)12-8-15(9-13(12)19-10-16)7-11-5-3-2-4-6-11/h2-6,10,12-13H,7-9H2,1H3/t12-,13-/m0/s1. The third-order valence-electron chi connectivity index (χ3n) is 3.33. The molecule has 0 aromatic heterocycles. The summed E-state index contributed by atoms with van der Waals surface area (Å²) in [6.07, 6.45) is -0.423. The molecule has 102 valence electrons. The molecule has 1 aliphatic heterocycles. The molecule has 1 saturated heterocycles. The molecule has 0 radical (unpaired) electrons. The van der Waals surface area contributed by atoms with Gasteiger partial charge in [-0.2, -0.15) is 0 Å². The van der Waals surface area contributed by atoms with E-state index in [0.29, 0.717) is 19.6 Å². The van der Waals surface area contributed by atoms with E-state index >= 15 is 0 Å².